The van der Waals surface area contributed by atoms with Crippen molar-refractivity contribution in [3.8, 4) is 10.4 Å². The maximum atomic E-state index is 14.0. The molecule has 3 N–H and O–H groups in total. The van der Waals surface area contributed by atoms with Crippen LogP contribution in [0.25, 0.3) is 10.4 Å². The van der Waals surface area contributed by atoms with Crippen molar-refractivity contribution in [3.63, 3.8) is 0 Å². The first kappa shape index (κ1) is 29.7. The first-order valence-corrected chi connectivity index (χ1v) is 13.1. The first-order chi connectivity index (χ1) is 18.0. The molecule has 0 aliphatic carbocycles. The highest BCUT2D eigenvalue weighted by molar-refractivity contribution is 7.17. The Morgan fingerprint density at radius 3 is 2.32 bits per heavy atom. The Balaban J connectivity index is 0.00000195. The van der Waals surface area contributed by atoms with E-state index in [0.29, 0.717) is 11.3 Å². The molecular weight excluding hydrogens is 533 g/mol. The zero-order valence-electron chi connectivity index (χ0n) is 21.1. The summed E-state index contributed by atoms with van der Waals surface area (Å²) in [4.78, 5) is 35.9. The van der Waals surface area contributed by atoms with Crippen LogP contribution >= 0.6 is 11.3 Å². The van der Waals surface area contributed by atoms with E-state index < -0.39 is 48.4 Å². The highest BCUT2D eigenvalue weighted by atomic mass is 32.1. The molecule has 1 atom stereocenters. The van der Waals surface area contributed by atoms with Gasteiger partial charge in [0.25, 0.3) is 18.2 Å². The van der Waals surface area contributed by atoms with Crippen molar-refractivity contribution in [1.29, 1.82) is 0 Å². The highest BCUT2D eigenvalue weighted by Crippen LogP contribution is 2.42. The summed E-state index contributed by atoms with van der Waals surface area (Å²) in [6, 6.07) is 0.193. The summed E-state index contributed by atoms with van der Waals surface area (Å²) in [7, 11) is 0. The standard InChI is InChI=1S/C22H24F5N5O3S.C2H6/c1-10(8-33)30-19(34)20-31-16(21(35)32-11-2-3-12(32)5-4-11)17(36-20)14-7-28-15(6-13(14)18(23)24)29-9-22(25,26)27;1-2/h6-7,10-12,18,33H,2-5,8-9H2,1H3,(H,28,29)(H,30,34);1-2H3. The Kier molecular flexibility index (Phi) is 9.63. The Morgan fingerprint density at radius 2 is 1.79 bits per heavy atom. The molecule has 38 heavy (non-hydrogen) atoms. The number of rotatable bonds is 8. The minimum atomic E-state index is -4.58. The zero-order chi connectivity index (χ0) is 28.2. The molecule has 8 nitrogen and oxygen atoms in total. The quantitative estimate of drug-likeness (QED) is 0.390. The van der Waals surface area contributed by atoms with E-state index in [9.17, 15) is 36.6 Å². The molecule has 2 aromatic heterocycles. The van der Waals surface area contributed by atoms with Crippen molar-refractivity contribution in [3.05, 3.63) is 28.5 Å². The van der Waals surface area contributed by atoms with E-state index in [1.54, 1.807) is 11.8 Å². The minimum absolute atomic E-state index is 0.00498. The Bertz CT molecular complexity index is 1120. The molecule has 0 spiro atoms. The lowest BCUT2D eigenvalue weighted by molar-refractivity contribution is -0.115. The van der Waals surface area contributed by atoms with Crippen LogP contribution in [0.4, 0.5) is 27.8 Å². The third-order valence-electron chi connectivity index (χ3n) is 6.25. The second-order valence-corrected chi connectivity index (χ2v) is 9.85. The normalized spacial score (nSPS) is 19.3. The first-order valence-electron chi connectivity index (χ1n) is 12.3. The largest absolute Gasteiger partial charge is 0.405 e. The smallest absolute Gasteiger partial charge is 0.394 e. The van der Waals surface area contributed by atoms with Crippen molar-refractivity contribution in [1.82, 2.24) is 20.2 Å². The van der Waals surface area contributed by atoms with Crippen LogP contribution in [0, 0.1) is 0 Å². The van der Waals surface area contributed by atoms with Gasteiger partial charge < -0.3 is 20.6 Å². The van der Waals surface area contributed by atoms with Gasteiger partial charge in [0.1, 0.15) is 18.1 Å². The van der Waals surface area contributed by atoms with Gasteiger partial charge in [-0.15, -0.1) is 11.3 Å². The number of anilines is 1. The number of alkyl halides is 5. The van der Waals surface area contributed by atoms with E-state index in [1.807, 2.05) is 19.2 Å². The number of halogens is 5. The number of aliphatic hydroxyl groups is 1. The molecule has 1 unspecified atom stereocenters. The summed E-state index contributed by atoms with van der Waals surface area (Å²) < 4.78 is 65.7. The Labute approximate surface area is 220 Å². The number of thiazole rings is 1. The van der Waals surface area contributed by atoms with Gasteiger partial charge in [0, 0.05) is 35.4 Å². The maximum Gasteiger partial charge on any atom is 0.405 e. The van der Waals surface area contributed by atoms with Gasteiger partial charge in [0.2, 0.25) is 0 Å². The van der Waals surface area contributed by atoms with E-state index in [1.165, 1.54) is 0 Å². The topological polar surface area (TPSA) is 107 Å². The van der Waals surface area contributed by atoms with Crippen molar-refractivity contribution in [2.24, 2.45) is 0 Å². The molecule has 0 saturated carbocycles. The van der Waals surface area contributed by atoms with Gasteiger partial charge in [-0.1, -0.05) is 13.8 Å². The van der Waals surface area contributed by atoms with Crippen molar-refractivity contribution >= 4 is 29.0 Å². The third-order valence-corrected chi connectivity index (χ3v) is 7.34. The summed E-state index contributed by atoms with van der Waals surface area (Å²) in [5.74, 6) is -1.59. The molecule has 2 bridgehead atoms. The summed E-state index contributed by atoms with van der Waals surface area (Å²) in [6.07, 6.45) is -3.44. The van der Waals surface area contributed by atoms with Crippen LogP contribution in [0.1, 0.15) is 78.7 Å². The number of hydrogen-bond donors (Lipinski definition) is 3. The molecule has 2 aliphatic heterocycles. The number of carbonyl (C=O) groups is 2. The van der Waals surface area contributed by atoms with Crippen molar-refractivity contribution in [2.75, 3.05) is 18.5 Å². The lowest BCUT2D eigenvalue weighted by Gasteiger charge is -2.22. The summed E-state index contributed by atoms with van der Waals surface area (Å²) in [5, 5.41) is 13.5. The van der Waals surface area contributed by atoms with Crippen LogP contribution in [0.2, 0.25) is 0 Å². The fourth-order valence-electron chi connectivity index (χ4n) is 4.57. The number of nitrogens with one attached hydrogen (secondary N) is 2. The predicted molar refractivity (Wildman–Crippen MR) is 132 cm³/mol. The average Bonchev–Trinajstić information content (AvgIpc) is 3.62. The average molecular weight is 564 g/mol. The zero-order valence-corrected chi connectivity index (χ0v) is 21.9. The molecule has 2 fully saturated rings. The fraction of sp³-hybridized carbons (Fsp3) is 0.583. The van der Waals surface area contributed by atoms with Crippen LogP contribution in [-0.2, 0) is 0 Å². The summed E-state index contributed by atoms with van der Waals surface area (Å²) in [5.41, 5.74) is -1.02. The van der Waals surface area contributed by atoms with E-state index in [0.717, 1.165) is 37.9 Å². The third kappa shape index (κ3) is 6.57. The number of aliphatic hydroxyl groups excluding tert-OH is 1. The molecule has 14 heteroatoms. The molecule has 2 amide bonds. The lowest BCUT2D eigenvalue weighted by Crippen LogP contribution is -2.36. The molecule has 4 rings (SSSR count). The van der Waals surface area contributed by atoms with Gasteiger partial charge in [0.15, 0.2) is 5.01 Å². The van der Waals surface area contributed by atoms with Crippen molar-refractivity contribution < 1.29 is 36.6 Å². The molecule has 0 radical (unpaired) electrons. The van der Waals surface area contributed by atoms with Crippen molar-refractivity contribution in [2.45, 2.75) is 77.2 Å². The van der Waals surface area contributed by atoms with Crippen LogP contribution in [0.5, 0.6) is 0 Å². The highest BCUT2D eigenvalue weighted by Gasteiger charge is 2.44. The monoisotopic (exact) mass is 563 g/mol. The van der Waals surface area contributed by atoms with Crippen LogP contribution in [-0.4, -0.2) is 69.2 Å². The number of hydrogen-bond acceptors (Lipinski definition) is 7. The summed E-state index contributed by atoms with van der Waals surface area (Å²) >= 11 is 0.712. The molecule has 2 aliphatic rings. The van der Waals surface area contributed by atoms with Crippen LogP contribution < -0.4 is 10.6 Å². The number of fused-ring (bicyclic) bond motifs is 2. The second kappa shape index (κ2) is 12.3. The number of aromatic nitrogens is 2. The molecule has 2 saturated heterocycles. The van der Waals surface area contributed by atoms with Gasteiger partial charge in [-0.3, -0.25) is 9.59 Å². The van der Waals surface area contributed by atoms with E-state index >= 15 is 0 Å². The Hall–Kier alpha value is -2.87. The molecule has 4 heterocycles. The number of nitrogens with zero attached hydrogens (tertiary/aromatic N) is 3. The van der Waals surface area contributed by atoms with Gasteiger partial charge in [-0.25, -0.2) is 18.7 Å². The maximum absolute atomic E-state index is 14.0. The van der Waals surface area contributed by atoms with Gasteiger partial charge in [-0.05, 0) is 38.7 Å². The second-order valence-electron chi connectivity index (χ2n) is 8.85. The number of pyridine rings is 1. The van der Waals surface area contributed by atoms with E-state index in [-0.39, 0.29) is 39.8 Å². The van der Waals surface area contributed by atoms with Gasteiger partial charge in [0.05, 0.1) is 11.5 Å². The summed E-state index contributed by atoms with van der Waals surface area (Å²) in [6.45, 7) is 3.74. The number of amides is 2. The van der Waals surface area contributed by atoms with E-state index in [2.05, 4.69) is 15.3 Å². The lowest BCUT2D eigenvalue weighted by atomic mass is 10.0. The van der Waals surface area contributed by atoms with E-state index in [4.69, 9.17) is 0 Å². The SMILES string of the molecule is CC.CC(CO)NC(=O)c1nc(C(=O)N2C3CCC2CC3)c(-c2cnc(NCC(F)(F)F)cc2C(F)F)s1. The predicted octanol–water partition coefficient (Wildman–Crippen LogP) is 5.02. The minimum Gasteiger partial charge on any atom is -0.394 e. The van der Waals surface area contributed by atoms with Crippen LogP contribution in [0.15, 0.2) is 12.3 Å². The number of carbonyl (C=O) groups excluding carboxylic acids is 2. The molecule has 0 aromatic carbocycles. The Morgan fingerprint density at radius 1 is 1.18 bits per heavy atom. The van der Waals surface area contributed by atoms with Gasteiger partial charge in [-0.2, -0.15) is 13.2 Å². The fourth-order valence-corrected chi connectivity index (χ4v) is 5.56. The van der Waals surface area contributed by atoms with Crippen LogP contribution in [0.3, 0.4) is 0 Å². The molecule has 2 aromatic rings. The van der Waals surface area contributed by atoms with Gasteiger partial charge >= 0.3 is 6.18 Å². The molecular formula is C24H30F5N5O3S. The molecule has 210 valence electrons.